The van der Waals surface area contributed by atoms with Crippen LogP contribution in [0.1, 0.15) is 0 Å². The molecular formula is C13H11ClF2N2. The van der Waals surface area contributed by atoms with E-state index in [1.807, 2.05) is 0 Å². The van der Waals surface area contributed by atoms with Crippen LogP contribution in [0.2, 0.25) is 5.02 Å². The zero-order chi connectivity index (χ0) is 13.3. The molecule has 0 saturated carbocycles. The lowest BCUT2D eigenvalue weighted by atomic mass is 10.2. The summed E-state index contributed by atoms with van der Waals surface area (Å²) < 4.78 is 26.3. The Morgan fingerprint density at radius 1 is 1.11 bits per heavy atom. The molecule has 0 bridgehead atoms. The molecule has 0 aliphatic heterocycles. The van der Waals surface area contributed by atoms with Crippen molar-refractivity contribution in [1.82, 2.24) is 0 Å². The number of nitrogen functional groups attached to an aromatic ring is 1. The van der Waals surface area contributed by atoms with Gasteiger partial charge in [0.2, 0.25) is 0 Å². The van der Waals surface area contributed by atoms with Crippen LogP contribution < -0.4 is 10.6 Å². The van der Waals surface area contributed by atoms with Crippen molar-refractivity contribution in [2.45, 2.75) is 0 Å². The summed E-state index contributed by atoms with van der Waals surface area (Å²) in [5.41, 5.74) is 7.32. The maximum atomic E-state index is 13.4. The average Bonchev–Trinajstić information content (AvgIpc) is 2.34. The van der Waals surface area contributed by atoms with E-state index in [-0.39, 0.29) is 10.8 Å². The highest BCUT2D eigenvalue weighted by Gasteiger charge is 2.11. The lowest BCUT2D eigenvalue weighted by molar-refractivity contribution is 0.627. The van der Waals surface area contributed by atoms with Crippen molar-refractivity contribution >= 4 is 28.7 Å². The lowest BCUT2D eigenvalue weighted by Gasteiger charge is -2.21. The van der Waals surface area contributed by atoms with Crippen LogP contribution in [0, 0.1) is 11.6 Å². The molecule has 2 aromatic carbocycles. The van der Waals surface area contributed by atoms with E-state index >= 15 is 0 Å². The van der Waals surface area contributed by atoms with E-state index < -0.39 is 5.82 Å². The Kier molecular flexibility index (Phi) is 3.39. The quantitative estimate of drug-likeness (QED) is 0.835. The molecule has 0 unspecified atom stereocenters. The summed E-state index contributed by atoms with van der Waals surface area (Å²) in [5.74, 6) is -0.878. The Morgan fingerprint density at radius 3 is 2.33 bits per heavy atom. The van der Waals surface area contributed by atoms with Gasteiger partial charge in [-0.05, 0) is 30.3 Å². The molecule has 0 aliphatic carbocycles. The van der Waals surface area contributed by atoms with Crippen LogP contribution in [-0.2, 0) is 0 Å². The monoisotopic (exact) mass is 268 g/mol. The van der Waals surface area contributed by atoms with Gasteiger partial charge in [0.15, 0.2) is 0 Å². The first kappa shape index (κ1) is 12.6. The first-order chi connectivity index (χ1) is 8.49. The number of nitrogens with zero attached hydrogens (tertiary/aromatic N) is 1. The molecule has 0 aliphatic rings. The summed E-state index contributed by atoms with van der Waals surface area (Å²) in [6.45, 7) is 0. The normalized spacial score (nSPS) is 10.4. The van der Waals surface area contributed by atoms with Gasteiger partial charge in [0, 0.05) is 18.8 Å². The zero-order valence-electron chi connectivity index (χ0n) is 9.62. The van der Waals surface area contributed by atoms with E-state index in [4.69, 9.17) is 17.3 Å². The minimum atomic E-state index is -0.546. The number of hydrogen-bond acceptors (Lipinski definition) is 2. The molecule has 0 atom stereocenters. The number of nitrogens with two attached hydrogens (primary N) is 1. The Hall–Kier alpha value is -1.81. The molecule has 2 nitrogen and oxygen atoms in total. The van der Waals surface area contributed by atoms with Gasteiger partial charge in [-0.2, -0.15) is 0 Å². The van der Waals surface area contributed by atoms with Crippen LogP contribution in [0.3, 0.4) is 0 Å². The Labute approximate surface area is 109 Å². The van der Waals surface area contributed by atoms with Crippen molar-refractivity contribution < 1.29 is 8.78 Å². The van der Waals surface area contributed by atoms with E-state index in [0.29, 0.717) is 17.1 Å². The van der Waals surface area contributed by atoms with Gasteiger partial charge in [0.1, 0.15) is 11.6 Å². The number of rotatable bonds is 2. The van der Waals surface area contributed by atoms with Gasteiger partial charge in [-0.25, -0.2) is 8.78 Å². The zero-order valence-corrected chi connectivity index (χ0v) is 10.4. The minimum absolute atomic E-state index is 0.0243. The molecule has 0 radical (unpaired) electrons. The molecule has 0 aromatic heterocycles. The molecule has 0 spiro atoms. The largest absolute Gasteiger partial charge is 0.397 e. The van der Waals surface area contributed by atoms with Crippen LogP contribution >= 0.6 is 11.6 Å². The number of anilines is 3. The SMILES string of the molecule is CN(c1ccc(F)cc1)c1cc(F)c(Cl)cc1N. The Morgan fingerprint density at radius 2 is 1.72 bits per heavy atom. The summed E-state index contributed by atoms with van der Waals surface area (Å²) >= 11 is 5.63. The molecule has 2 aromatic rings. The van der Waals surface area contributed by atoms with Crippen molar-refractivity contribution in [3.63, 3.8) is 0 Å². The second-order valence-corrected chi connectivity index (χ2v) is 4.27. The van der Waals surface area contributed by atoms with Gasteiger partial charge in [0.05, 0.1) is 16.4 Å². The van der Waals surface area contributed by atoms with Gasteiger partial charge in [-0.1, -0.05) is 11.6 Å². The number of hydrogen-bond donors (Lipinski definition) is 1. The second kappa shape index (κ2) is 4.82. The molecule has 0 fully saturated rings. The van der Waals surface area contributed by atoms with E-state index in [0.717, 1.165) is 0 Å². The number of benzene rings is 2. The first-order valence-electron chi connectivity index (χ1n) is 5.23. The van der Waals surface area contributed by atoms with E-state index in [9.17, 15) is 8.78 Å². The van der Waals surface area contributed by atoms with Crippen molar-refractivity contribution in [3.8, 4) is 0 Å². The third-order valence-corrected chi connectivity index (χ3v) is 2.93. The molecule has 0 saturated heterocycles. The van der Waals surface area contributed by atoms with Crippen LogP contribution in [-0.4, -0.2) is 7.05 Å². The fraction of sp³-hybridized carbons (Fsp3) is 0.0769. The van der Waals surface area contributed by atoms with Crippen molar-refractivity contribution in [3.05, 3.63) is 53.1 Å². The summed E-state index contributed by atoms with van der Waals surface area (Å²) in [6, 6.07) is 8.43. The van der Waals surface area contributed by atoms with E-state index in [1.54, 1.807) is 24.1 Å². The summed E-state index contributed by atoms with van der Waals surface area (Å²) in [5, 5.41) is -0.0243. The van der Waals surface area contributed by atoms with Gasteiger partial charge in [-0.3, -0.25) is 0 Å². The van der Waals surface area contributed by atoms with Crippen LogP contribution in [0.4, 0.5) is 25.8 Å². The highest BCUT2D eigenvalue weighted by atomic mass is 35.5. The fourth-order valence-corrected chi connectivity index (χ4v) is 1.82. The first-order valence-corrected chi connectivity index (χ1v) is 5.60. The standard InChI is InChI=1S/C13H11ClF2N2/c1-18(9-4-2-8(15)3-5-9)13-7-11(16)10(14)6-12(13)17/h2-7H,17H2,1H3. The van der Waals surface area contributed by atoms with E-state index in [1.165, 1.54) is 24.3 Å². The molecule has 0 amide bonds. The highest BCUT2D eigenvalue weighted by Crippen LogP contribution is 2.32. The average molecular weight is 269 g/mol. The topological polar surface area (TPSA) is 29.3 Å². The lowest BCUT2D eigenvalue weighted by Crippen LogP contribution is -2.12. The fourth-order valence-electron chi connectivity index (χ4n) is 1.65. The molecular weight excluding hydrogens is 258 g/mol. The molecule has 94 valence electrons. The predicted molar refractivity (Wildman–Crippen MR) is 70.3 cm³/mol. The summed E-state index contributed by atoms with van der Waals surface area (Å²) in [7, 11) is 1.71. The minimum Gasteiger partial charge on any atom is -0.397 e. The molecule has 0 heterocycles. The van der Waals surface area contributed by atoms with Gasteiger partial charge in [-0.15, -0.1) is 0 Å². The molecule has 5 heteroatoms. The van der Waals surface area contributed by atoms with Crippen LogP contribution in [0.25, 0.3) is 0 Å². The van der Waals surface area contributed by atoms with E-state index in [2.05, 4.69) is 0 Å². The maximum Gasteiger partial charge on any atom is 0.144 e. The Bertz CT molecular complexity index is 570. The van der Waals surface area contributed by atoms with Crippen LogP contribution in [0.5, 0.6) is 0 Å². The summed E-state index contributed by atoms with van der Waals surface area (Å²) in [6.07, 6.45) is 0. The third-order valence-electron chi connectivity index (χ3n) is 2.64. The van der Waals surface area contributed by atoms with Crippen LogP contribution in [0.15, 0.2) is 36.4 Å². The molecule has 2 rings (SSSR count). The molecule has 18 heavy (non-hydrogen) atoms. The predicted octanol–water partition coefficient (Wildman–Crippen LogP) is 3.97. The summed E-state index contributed by atoms with van der Waals surface area (Å²) in [4.78, 5) is 1.66. The second-order valence-electron chi connectivity index (χ2n) is 3.86. The van der Waals surface area contributed by atoms with Gasteiger partial charge in [0.25, 0.3) is 0 Å². The van der Waals surface area contributed by atoms with Gasteiger partial charge >= 0.3 is 0 Å². The third kappa shape index (κ3) is 2.38. The highest BCUT2D eigenvalue weighted by molar-refractivity contribution is 6.31. The molecule has 2 N–H and O–H groups in total. The maximum absolute atomic E-state index is 13.4. The van der Waals surface area contributed by atoms with Gasteiger partial charge < -0.3 is 10.6 Å². The van der Waals surface area contributed by atoms with Crippen molar-refractivity contribution in [2.75, 3.05) is 17.7 Å². The Balaban J connectivity index is 2.42. The smallest absolute Gasteiger partial charge is 0.144 e. The van der Waals surface area contributed by atoms with Crippen molar-refractivity contribution in [1.29, 1.82) is 0 Å². The number of halogens is 3. The van der Waals surface area contributed by atoms with Crippen molar-refractivity contribution in [2.24, 2.45) is 0 Å².